The van der Waals surface area contributed by atoms with Crippen LogP contribution in [0.3, 0.4) is 0 Å². The molecular formula is C14H16N4O. The summed E-state index contributed by atoms with van der Waals surface area (Å²) < 4.78 is 0. The SMILES string of the molecule is NOc1ccnc2ccc(N3CC4(CNC4)C3)cc12. The first-order valence-electron chi connectivity index (χ1n) is 6.51. The van der Waals surface area contributed by atoms with Crippen molar-refractivity contribution in [3.63, 3.8) is 0 Å². The number of anilines is 1. The molecule has 2 aliphatic rings. The second-order valence-corrected chi connectivity index (χ2v) is 5.59. The quantitative estimate of drug-likeness (QED) is 0.782. The average molecular weight is 256 g/mol. The van der Waals surface area contributed by atoms with Crippen molar-refractivity contribution in [1.82, 2.24) is 10.3 Å². The van der Waals surface area contributed by atoms with E-state index in [0.717, 1.165) is 37.1 Å². The maximum atomic E-state index is 5.31. The van der Waals surface area contributed by atoms with Crippen molar-refractivity contribution in [2.75, 3.05) is 31.1 Å². The van der Waals surface area contributed by atoms with E-state index < -0.39 is 0 Å². The van der Waals surface area contributed by atoms with Crippen LogP contribution in [0.25, 0.3) is 10.9 Å². The van der Waals surface area contributed by atoms with Crippen LogP contribution in [-0.4, -0.2) is 31.2 Å². The Bertz CT molecular complexity index is 630. The number of rotatable bonds is 2. The predicted molar refractivity (Wildman–Crippen MR) is 74.1 cm³/mol. The Kier molecular flexibility index (Phi) is 2.22. The highest BCUT2D eigenvalue weighted by Gasteiger charge is 2.47. The van der Waals surface area contributed by atoms with E-state index in [9.17, 15) is 0 Å². The van der Waals surface area contributed by atoms with Crippen LogP contribution in [0, 0.1) is 5.41 Å². The van der Waals surface area contributed by atoms with E-state index in [0.29, 0.717) is 11.2 Å². The first-order valence-corrected chi connectivity index (χ1v) is 6.51. The summed E-state index contributed by atoms with van der Waals surface area (Å²) in [4.78, 5) is 11.6. The zero-order valence-corrected chi connectivity index (χ0v) is 10.6. The standard InChI is InChI=1S/C14H16N4O/c15-19-13-3-4-17-12-2-1-10(5-11(12)13)18-8-14(9-18)6-16-7-14/h1-5,16H,6-9,15H2. The van der Waals surface area contributed by atoms with E-state index in [2.05, 4.69) is 27.3 Å². The van der Waals surface area contributed by atoms with Crippen molar-refractivity contribution in [1.29, 1.82) is 0 Å². The van der Waals surface area contributed by atoms with Gasteiger partial charge in [0, 0.05) is 54.9 Å². The van der Waals surface area contributed by atoms with Crippen molar-refractivity contribution in [2.24, 2.45) is 11.3 Å². The summed E-state index contributed by atoms with van der Waals surface area (Å²) in [6.45, 7) is 4.56. The normalized spacial score (nSPS) is 20.2. The molecule has 3 heterocycles. The number of hydrogen-bond donors (Lipinski definition) is 2. The Labute approximate surface area is 111 Å². The molecule has 0 bridgehead atoms. The number of hydrogen-bond acceptors (Lipinski definition) is 5. The highest BCUT2D eigenvalue weighted by atomic mass is 16.6. The smallest absolute Gasteiger partial charge is 0.157 e. The summed E-state index contributed by atoms with van der Waals surface area (Å²) in [7, 11) is 0. The van der Waals surface area contributed by atoms with Crippen LogP contribution < -0.4 is 21.0 Å². The van der Waals surface area contributed by atoms with Crippen LogP contribution in [0.2, 0.25) is 0 Å². The number of fused-ring (bicyclic) bond motifs is 1. The maximum Gasteiger partial charge on any atom is 0.157 e. The molecule has 0 amide bonds. The zero-order valence-electron chi connectivity index (χ0n) is 10.6. The fourth-order valence-corrected chi connectivity index (χ4v) is 3.06. The molecule has 19 heavy (non-hydrogen) atoms. The molecule has 0 aliphatic carbocycles. The molecule has 0 unspecified atom stereocenters. The molecule has 2 aliphatic heterocycles. The summed E-state index contributed by atoms with van der Waals surface area (Å²) in [5.74, 6) is 5.99. The largest absolute Gasteiger partial charge is 0.411 e. The lowest BCUT2D eigenvalue weighted by Gasteiger charge is -2.57. The number of nitrogens with zero attached hydrogens (tertiary/aromatic N) is 2. The second-order valence-electron chi connectivity index (χ2n) is 5.59. The monoisotopic (exact) mass is 256 g/mol. The lowest BCUT2D eigenvalue weighted by atomic mass is 9.74. The summed E-state index contributed by atoms with van der Waals surface area (Å²) in [5.41, 5.74) is 2.65. The second kappa shape index (κ2) is 3.82. The molecule has 1 aromatic carbocycles. The minimum absolute atomic E-state index is 0.525. The Morgan fingerprint density at radius 2 is 2.11 bits per heavy atom. The first kappa shape index (κ1) is 11.0. The highest BCUT2D eigenvalue weighted by molar-refractivity contribution is 5.88. The van der Waals surface area contributed by atoms with Crippen molar-refractivity contribution < 1.29 is 4.84 Å². The van der Waals surface area contributed by atoms with Crippen LogP contribution in [0.1, 0.15) is 0 Å². The van der Waals surface area contributed by atoms with Gasteiger partial charge >= 0.3 is 0 Å². The average Bonchev–Trinajstić information content (AvgIpc) is 2.34. The van der Waals surface area contributed by atoms with Gasteiger partial charge in [-0.25, -0.2) is 0 Å². The van der Waals surface area contributed by atoms with Gasteiger partial charge in [-0.1, -0.05) is 0 Å². The third-order valence-corrected chi connectivity index (χ3v) is 4.23. The van der Waals surface area contributed by atoms with Crippen molar-refractivity contribution in [3.05, 3.63) is 30.5 Å². The third-order valence-electron chi connectivity index (χ3n) is 4.23. The maximum absolute atomic E-state index is 5.31. The molecule has 2 fully saturated rings. The van der Waals surface area contributed by atoms with Gasteiger partial charge < -0.3 is 15.1 Å². The highest BCUT2D eigenvalue weighted by Crippen LogP contribution is 2.38. The number of aromatic nitrogens is 1. The molecule has 2 saturated heterocycles. The zero-order chi connectivity index (χ0) is 12.9. The summed E-state index contributed by atoms with van der Waals surface area (Å²) in [5, 5.41) is 4.32. The fourth-order valence-electron chi connectivity index (χ4n) is 3.06. The van der Waals surface area contributed by atoms with Gasteiger partial charge in [0.2, 0.25) is 0 Å². The summed E-state index contributed by atoms with van der Waals surface area (Å²) >= 11 is 0. The summed E-state index contributed by atoms with van der Waals surface area (Å²) in [6, 6.07) is 8.05. The molecule has 1 spiro atoms. The van der Waals surface area contributed by atoms with E-state index in [1.54, 1.807) is 12.3 Å². The van der Waals surface area contributed by atoms with E-state index >= 15 is 0 Å². The molecule has 0 radical (unpaired) electrons. The van der Waals surface area contributed by atoms with Crippen LogP contribution >= 0.6 is 0 Å². The van der Waals surface area contributed by atoms with E-state index in [-0.39, 0.29) is 0 Å². The topological polar surface area (TPSA) is 63.4 Å². The van der Waals surface area contributed by atoms with Gasteiger partial charge in [0.15, 0.2) is 5.75 Å². The lowest BCUT2D eigenvalue weighted by Crippen LogP contribution is -2.71. The Morgan fingerprint density at radius 3 is 2.79 bits per heavy atom. The first-order chi connectivity index (χ1) is 9.30. The van der Waals surface area contributed by atoms with Gasteiger partial charge in [0.05, 0.1) is 5.52 Å². The Balaban J connectivity index is 1.68. The lowest BCUT2D eigenvalue weighted by molar-refractivity contribution is 0.121. The van der Waals surface area contributed by atoms with Crippen molar-refractivity contribution in [3.8, 4) is 5.75 Å². The predicted octanol–water partition coefficient (Wildman–Crippen LogP) is 0.897. The molecule has 98 valence electrons. The molecule has 1 aromatic heterocycles. The summed E-state index contributed by atoms with van der Waals surface area (Å²) in [6.07, 6.45) is 1.71. The molecule has 2 aromatic rings. The molecule has 5 nitrogen and oxygen atoms in total. The minimum atomic E-state index is 0.525. The molecule has 3 N–H and O–H groups in total. The van der Waals surface area contributed by atoms with Crippen LogP contribution in [0.5, 0.6) is 5.75 Å². The van der Waals surface area contributed by atoms with Gasteiger partial charge in [-0.2, -0.15) is 5.90 Å². The minimum Gasteiger partial charge on any atom is -0.411 e. The van der Waals surface area contributed by atoms with E-state index in [1.807, 2.05) is 6.07 Å². The number of pyridine rings is 1. The van der Waals surface area contributed by atoms with Gasteiger partial charge in [-0.05, 0) is 18.2 Å². The van der Waals surface area contributed by atoms with Crippen molar-refractivity contribution in [2.45, 2.75) is 0 Å². The molecule has 0 saturated carbocycles. The third kappa shape index (κ3) is 1.59. The molecular weight excluding hydrogens is 240 g/mol. The number of nitrogens with one attached hydrogen (secondary N) is 1. The Hall–Kier alpha value is -1.85. The fraction of sp³-hybridized carbons (Fsp3) is 0.357. The number of nitrogens with two attached hydrogens (primary N) is 1. The molecule has 5 heteroatoms. The molecule has 0 atom stereocenters. The van der Waals surface area contributed by atoms with Crippen LogP contribution in [0.4, 0.5) is 5.69 Å². The van der Waals surface area contributed by atoms with Crippen molar-refractivity contribution >= 4 is 16.6 Å². The van der Waals surface area contributed by atoms with Gasteiger partial charge in [-0.15, -0.1) is 0 Å². The van der Waals surface area contributed by atoms with E-state index in [1.165, 1.54) is 5.69 Å². The molecule has 4 rings (SSSR count). The van der Waals surface area contributed by atoms with Gasteiger partial charge in [0.25, 0.3) is 0 Å². The van der Waals surface area contributed by atoms with Gasteiger partial charge in [-0.3, -0.25) is 4.98 Å². The van der Waals surface area contributed by atoms with Gasteiger partial charge in [0.1, 0.15) is 0 Å². The number of benzene rings is 1. The van der Waals surface area contributed by atoms with Crippen LogP contribution in [-0.2, 0) is 0 Å². The van der Waals surface area contributed by atoms with Crippen LogP contribution in [0.15, 0.2) is 30.5 Å². The van der Waals surface area contributed by atoms with E-state index in [4.69, 9.17) is 10.7 Å². The Morgan fingerprint density at radius 1 is 1.26 bits per heavy atom.